The fraction of sp³-hybridized carbons (Fsp3) is 0.812. The quantitative estimate of drug-likeness (QED) is 0.735. The van der Waals surface area contributed by atoms with Crippen molar-refractivity contribution in [3.05, 3.63) is 12.2 Å². The first-order valence-corrected chi connectivity index (χ1v) is 8.80. The van der Waals surface area contributed by atoms with E-state index in [4.69, 9.17) is 4.52 Å². The molecule has 1 fully saturated rings. The molecule has 1 heterocycles. The summed E-state index contributed by atoms with van der Waals surface area (Å²) in [4.78, 5) is 13.8. The van der Waals surface area contributed by atoms with Crippen LogP contribution in [-0.4, -0.2) is 45.9 Å². The smallest absolute Gasteiger partial charge is 0.246 e. The highest BCUT2D eigenvalue weighted by atomic mass is 31.1. The molecule has 2 unspecified atom stereocenters. The first-order chi connectivity index (χ1) is 9.69. The zero-order valence-electron chi connectivity index (χ0n) is 13.6. The zero-order chi connectivity index (χ0) is 15.7. The van der Waals surface area contributed by atoms with Gasteiger partial charge in [0.05, 0.1) is 11.2 Å². The maximum atomic E-state index is 11.9. The van der Waals surface area contributed by atoms with Gasteiger partial charge in [0, 0.05) is 27.6 Å². The van der Waals surface area contributed by atoms with Crippen LogP contribution in [0.3, 0.4) is 0 Å². The summed E-state index contributed by atoms with van der Waals surface area (Å²) in [5.41, 5.74) is -1.25. The van der Waals surface area contributed by atoms with Crippen molar-refractivity contribution in [2.24, 2.45) is 5.92 Å². The summed E-state index contributed by atoms with van der Waals surface area (Å²) in [7, 11) is 0.256. The highest BCUT2D eigenvalue weighted by Gasteiger charge is 2.37. The van der Waals surface area contributed by atoms with Crippen LogP contribution in [0.15, 0.2) is 12.2 Å². The number of hydrogen-bond donors (Lipinski definition) is 1. The van der Waals surface area contributed by atoms with Gasteiger partial charge in [0.2, 0.25) is 5.91 Å². The van der Waals surface area contributed by atoms with Crippen molar-refractivity contribution in [2.75, 3.05) is 13.1 Å². The molecule has 2 aliphatic rings. The van der Waals surface area contributed by atoms with E-state index in [0.29, 0.717) is 0 Å². The lowest BCUT2D eigenvalue weighted by atomic mass is 9.90. The van der Waals surface area contributed by atoms with Crippen molar-refractivity contribution >= 4 is 14.7 Å². The van der Waals surface area contributed by atoms with Crippen molar-refractivity contribution in [3.63, 3.8) is 0 Å². The third-order valence-corrected chi connectivity index (χ3v) is 5.95. The van der Waals surface area contributed by atoms with E-state index in [1.807, 2.05) is 24.8 Å². The normalized spacial score (nSPS) is 24.3. The largest absolute Gasteiger partial charge is 0.387 e. The Kier molecular flexibility index (Phi) is 5.12. The zero-order valence-corrected chi connectivity index (χ0v) is 14.6. The molecule has 0 saturated heterocycles. The van der Waals surface area contributed by atoms with Crippen LogP contribution in [0, 0.1) is 5.92 Å². The van der Waals surface area contributed by atoms with Gasteiger partial charge in [-0.05, 0) is 46.1 Å². The van der Waals surface area contributed by atoms with Gasteiger partial charge in [-0.3, -0.25) is 4.79 Å². The number of hydrogen-bond acceptors (Lipinski definition) is 3. The fourth-order valence-corrected chi connectivity index (χ4v) is 3.23. The van der Waals surface area contributed by atoms with E-state index >= 15 is 0 Å². The van der Waals surface area contributed by atoms with Crippen LogP contribution < -0.4 is 0 Å². The second kappa shape index (κ2) is 6.36. The number of amides is 1. The number of carbonyl (C=O) groups is 1. The van der Waals surface area contributed by atoms with Crippen LogP contribution in [0.4, 0.5) is 0 Å². The molecule has 0 spiro atoms. The summed E-state index contributed by atoms with van der Waals surface area (Å²) < 4.78 is 5.94. The number of aliphatic hydroxyl groups is 1. The molecule has 4 nitrogen and oxygen atoms in total. The van der Waals surface area contributed by atoms with Crippen molar-refractivity contribution in [1.29, 1.82) is 0 Å². The second-order valence-electron chi connectivity index (χ2n) is 7.27. The molecule has 120 valence electrons. The molecule has 1 saturated carbocycles. The fourth-order valence-electron chi connectivity index (χ4n) is 2.06. The Balaban J connectivity index is 1.83. The monoisotopic (exact) mass is 313 g/mol. The second-order valence-corrected chi connectivity index (χ2v) is 8.45. The highest BCUT2D eigenvalue weighted by molar-refractivity contribution is 7.33. The SMILES string of the molecule is CC(C)(O)C(C)(C)OPC1C=CC(=O)N(CCC2CC2)C1. The molecule has 2 atom stereocenters. The van der Waals surface area contributed by atoms with Gasteiger partial charge in [-0.2, -0.15) is 0 Å². The van der Waals surface area contributed by atoms with Crippen molar-refractivity contribution in [1.82, 2.24) is 4.90 Å². The summed E-state index contributed by atoms with van der Waals surface area (Å²) in [5, 5.41) is 10.1. The van der Waals surface area contributed by atoms with Crippen LogP contribution in [-0.2, 0) is 9.32 Å². The third-order valence-electron chi connectivity index (χ3n) is 4.64. The number of carbonyl (C=O) groups excluding carboxylic acids is 1. The van der Waals surface area contributed by atoms with Gasteiger partial charge in [-0.25, -0.2) is 0 Å². The average Bonchev–Trinajstić information content (AvgIpc) is 3.19. The Morgan fingerprint density at radius 2 is 2.05 bits per heavy atom. The predicted octanol–water partition coefficient (Wildman–Crippen LogP) is 2.71. The summed E-state index contributed by atoms with van der Waals surface area (Å²) in [5.74, 6) is 0.966. The minimum Gasteiger partial charge on any atom is -0.387 e. The average molecular weight is 313 g/mol. The summed E-state index contributed by atoms with van der Waals surface area (Å²) >= 11 is 0. The van der Waals surface area contributed by atoms with Gasteiger partial charge in [-0.1, -0.05) is 18.9 Å². The van der Waals surface area contributed by atoms with E-state index in [2.05, 4.69) is 0 Å². The van der Waals surface area contributed by atoms with Gasteiger partial charge in [0.15, 0.2) is 0 Å². The third kappa shape index (κ3) is 4.77. The van der Waals surface area contributed by atoms with Crippen LogP contribution in [0.5, 0.6) is 0 Å². The van der Waals surface area contributed by atoms with Gasteiger partial charge in [0.25, 0.3) is 0 Å². The van der Waals surface area contributed by atoms with Crippen molar-refractivity contribution in [3.8, 4) is 0 Å². The molecule has 0 aromatic rings. The summed E-state index contributed by atoms with van der Waals surface area (Å²) in [6.07, 6.45) is 7.41. The lowest BCUT2D eigenvalue weighted by Gasteiger charge is -2.38. The Hall–Kier alpha value is -0.440. The maximum absolute atomic E-state index is 11.9. The van der Waals surface area contributed by atoms with E-state index in [1.54, 1.807) is 19.9 Å². The van der Waals surface area contributed by atoms with Gasteiger partial charge in [-0.15, -0.1) is 0 Å². The van der Waals surface area contributed by atoms with E-state index in [1.165, 1.54) is 12.8 Å². The molecule has 1 aliphatic carbocycles. The topological polar surface area (TPSA) is 49.8 Å². The highest BCUT2D eigenvalue weighted by Crippen LogP contribution is 2.37. The van der Waals surface area contributed by atoms with Crippen molar-refractivity contribution < 1.29 is 14.4 Å². The van der Waals surface area contributed by atoms with Gasteiger partial charge < -0.3 is 14.5 Å². The molecule has 1 aliphatic heterocycles. The Bertz CT molecular complexity index is 410. The number of rotatable bonds is 7. The van der Waals surface area contributed by atoms with Crippen LogP contribution in [0.1, 0.15) is 47.0 Å². The first kappa shape index (κ1) is 16.9. The summed E-state index contributed by atoms with van der Waals surface area (Å²) in [6, 6.07) is 0. The van der Waals surface area contributed by atoms with Crippen LogP contribution >= 0.6 is 8.81 Å². The maximum Gasteiger partial charge on any atom is 0.246 e. The Morgan fingerprint density at radius 3 is 2.62 bits per heavy atom. The molecule has 2 rings (SSSR count). The molecule has 21 heavy (non-hydrogen) atoms. The Labute approximate surface area is 129 Å². The molecule has 0 bridgehead atoms. The van der Waals surface area contributed by atoms with Crippen molar-refractivity contribution in [2.45, 2.75) is 63.8 Å². The molecule has 0 aromatic carbocycles. The minimum absolute atomic E-state index is 0.124. The van der Waals surface area contributed by atoms with E-state index in [-0.39, 0.29) is 20.4 Å². The first-order valence-electron chi connectivity index (χ1n) is 7.82. The van der Waals surface area contributed by atoms with E-state index in [9.17, 15) is 9.90 Å². The Morgan fingerprint density at radius 1 is 1.38 bits per heavy atom. The molecule has 1 amide bonds. The molecular formula is C16H28NO3P. The molecule has 1 N–H and O–H groups in total. The standard InChI is InChI=1S/C16H28NO3P/c1-15(2,19)16(3,4)20-21-13-7-8-14(18)17(11-13)10-9-12-5-6-12/h7-8,12-13,19,21H,5-6,9-11H2,1-4H3. The van der Waals surface area contributed by atoms with E-state index in [0.717, 1.165) is 25.4 Å². The lowest BCUT2D eigenvalue weighted by molar-refractivity contribution is -0.126. The van der Waals surface area contributed by atoms with Gasteiger partial charge >= 0.3 is 0 Å². The van der Waals surface area contributed by atoms with E-state index < -0.39 is 11.2 Å². The molecule has 0 aromatic heterocycles. The number of nitrogens with zero attached hydrogens (tertiary/aromatic N) is 1. The predicted molar refractivity (Wildman–Crippen MR) is 86.6 cm³/mol. The molecular weight excluding hydrogens is 285 g/mol. The molecule has 5 heteroatoms. The van der Waals surface area contributed by atoms with Gasteiger partial charge in [0.1, 0.15) is 0 Å². The molecule has 0 radical (unpaired) electrons. The van der Waals surface area contributed by atoms with Crippen LogP contribution in [0.25, 0.3) is 0 Å². The summed E-state index contributed by atoms with van der Waals surface area (Å²) in [6.45, 7) is 8.94. The lowest BCUT2D eigenvalue weighted by Crippen LogP contribution is -2.46. The minimum atomic E-state index is -0.889. The van der Waals surface area contributed by atoms with Crippen LogP contribution in [0.2, 0.25) is 0 Å².